The molecule has 0 aromatic carbocycles. The van der Waals surface area contributed by atoms with Crippen LogP contribution in [0.5, 0.6) is 0 Å². The van der Waals surface area contributed by atoms with Gasteiger partial charge in [-0.2, -0.15) is 13.2 Å². The van der Waals surface area contributed by atoms with Gasteiger partial charge in [-0.25, -0.2) is 0 Å². The second kappa shape index (κ2) is 6.20. The van der Waals surface area contributed by atoms with Crippen LogP contribution >= 0.6 is 0 Å². The normalized spacial score (nSPS) is 18.5. The minimum Gasteiger partial charge on any atom is -0.372 e. The average Bonchev–Trinajstić information content (AvgIpc) is 2.24. The highest BCUT2D eigenvalue weighted by Crippen LogP contribution is 2.14. The van der Waals surface area contributed by atoms with Crippen molar-refractivity contribution in [3.63, 3.8) is 0 Å². The van der Waals surface area contributed by atoms with Gasteiger partial charge in [-0.05, 0) is 7.05 Å². The zero-order valence-corrected chi connectivity index (χ0v) is 9.89. The van der Waals surface area contributed by atoms with E-state index in [0.717, 1.165) is 26.2 Å². The average molecular weight is 253 g/mol. The first-order valence-corrected chi connectivity index (χ1v) is 5.54. The number of ether oxygens (including phenoxy) is 1. The molecule has 1 heterocycles. The van der Waals surface area contributed by atoms with Crippen LogP contribution in [0.3, 0.4) is 0 Å². The number of hydrogen-bond donors (Lipinski definition) is 1. The summed E-state index contributed by atoms with van der Waals surface area (Å²) in [6.07, 6.45) is -4.05. The van der Waals surface area contributed by atoms with Crippen LogP contribution in [0.25, 0.3) is 0 Å². The molecule has 0 bridgehead atoms. The molecule has 0 spiro atoms. The van der Waals surface area contributed by atoms with E-state index < -0.39 is 12.8 Å². The molecule has 100 valence electrons. The van der Waals surface area contributed by atoms with Crippen LogP contribution < -0.4 is 0 Å². The van der Waals surface area contributed by atoms with Gasteiger partial charge in [0.2, 0.25) is 0 Å². The van der Waals surface area contributed by atoms with Gasteiger partial charge in [0.1, 0.15) is 6.61 Å². The second-order valence-electron chi connectivity index (χ2n) is 4.15. The summed E-state index contributed by atoms with van der Waals surface area (Å²) in [4.78, 5) is 4.04. The Hall–Kier alpha value is -0.820. The summed E-state index contributed by atoms with van der Waals surface area (Å²) >= 11 is 0. The monoisotopic (exact) mass is 253 g/mol. The highest BCUT2D eigenvalue weighted by Gasteiger charge is 2.27. The Labute approximate surface area is 98.8 Å². The third-order valence-corrected chi connectivity index (χ3v) is 2.63. The van der Waals surface area contributed by atoms with E-state index in [1.807, 2.05) is 11.9 Å². The fourth-order valence-electron chi connectivity index (χ4n) is 1.59. The fourth-order valence-corrected chi connectivity index (χ4v) is 1.59. The predicted octanol–water partition coefficient (Wildman–Crippen LogP) is 1.18. The van der Waals surface area contributed by atoms with Gasteiger partial charge in [0.15, 0.2) is 0 Å². The summed E-state index contributed by atoms with van der Waals surface area (Å²) in [5, 5.41) is 7.73. The molecule has 1 aliphatic heterocycles. The van der Waals surface area contributed by atoms with Crippen LogP contribution in [0.15, 0.2) is 0 Å². The molecule has 0 aromatic heterocycles. The zero-order chi connectivity index (χ0) is 12.9. The number of nitrogens with one attached hydrogen (secondary N) is 1. The molecular formula is C10H18F3N3O. The lowest BCUT2D eigenvalue weighted by atomic mass is 10.3. The maximum Gasteiger partial charge on any atom is 0.411 e. The molecule has 4 nitrogen and oxygen atoms in total. The van der Waals surface area contributed by atoms with Crippen molar-refractivity contribution in [2.45, 2.75) is 12.6 Å². The quantitative estimate of drug-likeness (QED) is 0.464. The van der Waals surface area contributed by atoms with Gasteiger partial charge >= 0.3 is 6.18 Å². The van der Waals surface area contributed by atoms with Crippen molar-refractivity contribution in [3.05, 3.63) is 0 Å². The molecule has 0 aromatic rings. The highest BCUT2D eigenvalue weighted by molar-refractivity contribution is 5.79. The van der Waals surface area contributed by atoms with Crippen LogP contribution in [-0.2, 0) is 4.74 Å². The lowest BCUT2D eigenvalue weighted by Gasteiger charge is -2.34. The highest BCUT2D eigenvalue weighted by atomic mass is 19.4. The minimum atomic E-state index is -4.28. The molecule has 0 saturated carbocycles. The van der Waals surface area contributed by atoms with Gasteiger partial charge in [0.05, 0.1) is 12.4 Å². The summed E-state index contributed by atoms with van der Waals surface area (Å²) < 4.78 is 39.8. The Balaban J connectivity index is 2.13. The number of amidine groups is 1. The molecule has 1 saturated heterocycles. The van der Waals surface area contributed by atoms with Crippen molar-refractivity contribution < 1.29 is 17.9 Å². The first-order chi connectivity index (χ1) is 7.88. The molecule has 0 amide bonds. The van der Waals surface area contributed by atoms with E-state index in [4.69, 9.17) is 5.41 Å². The molecule has 0 radical (unpaired) electrons. The number of hydrogen-bond acceptors (Lipinski definition) is 3. The SMILES string of the molecule is CN1CCN(C(=N)CCOCC(F)(F)F)CC1. The number of rotatable bonds is 4. The Morgan fingerprint density at radius 2 is 1.82 bits per heavy atom. The largest absolute Gasteiger partial charge is 0.411 e. The van der Waals surface area contributed by atoms with E-state index in [9.17, 15) is 13.2 Å². The van der Waals surface area contributed by atoms with E-state index in [0.29, 0.717) is 5.84 Å². The zero-order valence-electron chi connectivity index (χ0n) is 9.89. The number of piperazine rings is 1. The predicted molar refractivity (Wildman–Crippen MR) is 58.3 cm³/mol. The van der Waals surface area contributed by atoms with Gasteiger partial charge in [-0.15, -0.1) is 0 Å². The maximum absolute atomic E-state index is 11.8. The summed E-state index contributed by atoms with van der Waals surface area (Å²) in [7, 11) is 2.01. The molecule has 17 heavy (non-hydrogen) atoms. The topological polar surface area (TPSA) is 39.6 Å². The van der Waals surface area contributed by atoms with Crippen molar-refractivity contribution in [1.29, 1.82) is 5.41 Å². The van der Waals surface area contributed by atoms with Gasteiger partial charge in [-0.1, -0.05) is 0 Å². The number of alkyl halides is 3. The van der Waals surface area contributed by atoms with Crippen LogP contribution in [0.1, 0.15) is 6.42 Å². The molecule has 1 aliphatic rings. The number of halogens is 3. The summed E-state index contributed by atoms with van der Waals surface area (Å²) in [5.74, 6) is 0.361. The van der Waals surface area contributed by atoms with E-state index in [1.165, 1.54) is 0 Å². The Morgan fingerprint density at radius 1 is 1.24 bits per heavy atom. The van der Waals surface area contributed by atoms with Gasteiger partial charge < -0.3 is 14.5 Å². The molecule has 0 unspecified atom stereocenters. The van der Waals surface area contributed by atoms with Gasteiger partial charge in [0.25, 0.3) is 0 Å². The van der Waals surface area contributed by atoms with E-state index >= 15 is 0 Å². The van der Waals surface area contributed by atoms with Crippen LogP contribution in [0.4, 0.5) is 13.2 Å². The van der Waals surface area contributed by atoms with Crippen molar-refractivity contribution >= 4 is 5.84 Å². The molecule has 1 rings (SSSR count). The fraction of sp³-hybridized carbons (Fsp3) is 0.900. The van der Waals surface area contributed by atoms with Crippen LogP contribution in [-0.4, -0.2) is 68.3 Å². The third-order valence-electron chi connectivity index (χ3n) is 2.63. The van der Waals surface area contributed by atoms with Crippen LogP contribution in [0.2, 0.25) is 0 Å². The van der Waals surface area contributed by atoms with Crippen molar-refractivity contribution in [2.24, 2.45) is 0 Å². The second-order valence-corrected chi connectivity index (χ2v) is 4.15. The van der Waals surface area contributed by atoms with Crippen molar-refractivity contribution in [2.75, 3.05) is 46.4 Å². The smallest absolute Gasteiger partial charge is 0.372 e. The van der Waals surface area contributed by atoms with E-state index in [2.05, 4.69) is 9.64 Å². The number of likely N-dealkylation sites (N-methyl/N-ethyl adjacent to an activating group) is 1. The lowest BCUT2D eigenvalue weighted by Crippen LogP contribution is -2.47. The van der Waals surface area contributed by atoms with E-state index in [1.54, 1.807) is 0 Å². The summed E-state index contributed by atoms with van der Waals surface area (Å²) in [6, 6.07) is 0. The summed E-state index contributed by atoms with van der Waals surface area (Å²) in [5.41, 5.74) is 0. The first kappa shape index (κ1) is 14.2. The van der Waals surface area contributed by atoms with E-state index in [-0.39, 0.29) is 13.0 Å². The molecular weight excluding hydrogens is 235 g/mol. The molecule has 1 fully saturated rings. The Morgan fingerprint density at radius 3 is 2.35 bits per heavy atom. The molecule has 0 aliphatic carbocycles. The van der Waals surface area contributed by atoms with Crippen molar-refractivity contribution in [1.82, 2.24) is 9.80 Å². The Kier molecular flexibility index (Phi) is 5.20. The summed E-state index contributed by atoms with van der Waals surface area (Å²) in [6.45, 7) is 1.99. The maximum atomic E-state index is 11.8. The third kappa shape index (κ3) is 5.88. The number of nitrogens with zero attached hydrogens (tertiary/aromatic N) is 2. The van der Waals surface area contributed by atoms with Gasteiger partial charge in [-0.3, -0.25) is 5.41 Å². The lowest BCUT2D eigenvalue weighted by molar-refractivity contribution is -0.173. The molecule has 7 heteroatoms. The molecule has 0 atom stereocenters. The minimum absolute atomic E-state index is 0.0509. The Bertz CT molecular complexity index is 250. The standard InChI is InChI=1S/C10H18F3N3O/c1-15-3-5-16(6-4-15)9(14)2-7-17-8-10(11,12)13/h14H,2-8H2,1H3. The van der Waals surface area contributed by atoms with Crippen molar-refractivity contribution in [3.8, 4) is 0 Å². The van der Waals surface area contributed by atoms with Crippen LogP contribution in [0, 0.1) is 5.41 Å². The first-order valence-electron chi connectivity index (χ1n) is 5.54. The van der Waals surface area contributed by atoms with Gasteiger partial charge in [0, 0.05) is 32.6 Å². The molecule has 1 N–H and O–H groups in total.